The molecule has 0 saturated carbocycles. The third-order valence-electron chi connectivity index (χ3n) is 8.38. The fourth-order valence-electron chi connectivity index (χ4n) is 5.41. The fourth-order valence-corrected chi connectivity index (χ4v) is 9.17. The van der Waals surface area contributed by atoms with Gasteiger partial charge in [-0.25, -0.2) is 9.07 Å². The minimum Gasteiger partial charge on any atom is -0.490 e. The molecule has 4 aromatic carbocycles. The van der Waals surface area contributed by atoms with E-state index in [1.54, 1.807) is 36.4 Å². The van der Waals surface area contributed by atoms with Crippen LogP contribution in [-0.4, -0.2) is 39.8 Å². The Bertz CT molecular complexity index is 2110. The number of anilines is 1. The first-order valence-electron chi connectivity index (χ1n) is 16.5. The van der Waals surface area contributed by atoms with Crippen LogP contribution in [-0.2, 0) is 37.9 Å². The van der Waals surface area contributed by atoms with Gasteiger partial charge < -0.3 is 9.47 Å². The molecule has 0 aliphatic carbocycles. The average molecular weight is 750 g/mol. The molecular formula is C40H48FN3O6S2. The minimum absolute atomic E-state index is 0. The van der Waals surface area contributed by atoms with Crippen LogP contribution >= 0.6 is 0 Å². The molecule has 0 radical (unpaired) electrons. The molecule has 0 saturated heterocycles. The first-order chi connectivity index (χ1) is 23.8. The maximum absolute atomic E-state index is 14.8. The Morgan fingerprint density at radius 1 is 0.673 bits per heavy atom. The molecule has 1 heterocycles. The van der Waals surface area contributed by atoms with Crippen LogP contribution in [0.3, 0.4) is 0 Å². The van der Waals surface area contributed by atoms with E-state index in [2.05, 4.69) is 5.10 Å². The predicted octanol–water partition coefficient (Wildman–Crippen LogP) is 8.81. The van der Waals surface area contributed by atoms with Crippen molar-refractivity contribution in [3.8, 4) is 22.8 Å². The highest BCUT2D eigenvalue weighted by molar-refractivity contribution is 8.10. The number of hydrogen-bond donors (Lipinski definition) is 0. The van der Waals surface area contributed by atoms with Crippen molar-refractivity contribution in [1.82, 2.24) is 9.78 Å². The van der Waals surface area contributed by atoms with E-state index in [0.29, 0.717) is 15.0 Å². The lowest BCUT2D eigenvalue weighted by molar-refractivity contribution is 0.211. The van der Waals surface area contributed by atoms with Gasteiger partial charge in [0.2, 0.25) is 5.88 Å². The van der Waals surface area contributed by atoms with Crippen molar-refractivity contribution >= 4 is 25.9 Å². The molecule has 0 aliphatic rings. The Morgan fingerprint density at radius 3 is 1.56 bits per heavy atom. The van der Waals surface area contributed by atoms with Crippen molar-refractivity contribution in [1.29, 1.82) is 0 Å². The number of benzene rings is 4. The van der Waals surface area contributed by atoms with Crippen LogP contribution in [0.5, 0.6) is 11.6 Å². The van der Waals surface area contributed by atoms with Gasteiger partial charge in [0.25, 0.3) is 20.0 Å². The number of rotatable bonds is 11. The molecule has 1 aromatic heterocycles. The number of nitrogens with zero attached hydrogens (tertiary/aromatic N) is 3. The number of ether oxygens (including phenoxy) is 2. The van der Waals surface area contributed by atoms with E-state index in [-0.39, 0.29) is 58.5 Å². The van der Waals surface area contributed by atoms with Crippen LogP contribution < -0.4 is 13.2 Å². The summed E-state index contributed by atoms with van der Waals surface area (Å²) in [4.78, 5) is -0.423. The quantitative estimate of drug-likeness (QED) is 0.124. The van der Waals surface area contributed by atoms with E-state index in [1.165, 1.54) is 60.3 Å². The molecule has 5 aromatic rings. The first kappa shape index (κ1) is 40.1. The zero-order valence-corrected chi connectivity index (χ0v) is 31.8. The molecule has 0 fully saturated rings. The molecule has 52 heavy (non-hydrogen) atoms. The van der Waals surface area contributed by atoms with Crippen molar-refractivity contribution in [2.24, 2.45) is 7.05 Å². The second-order valence-corrected chi connectivity index (χ2v) is 18.2. The zero-order chi connectivity index (χ0) is 37.4. The SMILES string of the molecule is C.Cc1ccc(-c2c(OCCOc3ccc(F)cc3)nn(C)c2N(S(=O)(=O)c2ccc(C(C)(C)C)cc2)S(=O)(=O)c2ccc(C(C)(C)C)cc2)cc1. The summed E-state index contributed by atoms with van der Waals surface area (Å²) in [7, 11) is -8.13. The number of hydrogen-bond acceptors (Lipinski definition) is 7. The van der Waals surface area contributed by atoms with Crippen LogP contribution in [0.4, 0.5) is 10.2 Å². The zero-order valence-electron chi connectivity index (χ0n) is 30.1. The van der Waals surface area contributed by atoms with Crippen molar-refractivity contribution in [3.05, 3.63) is 120 Å². The van der Waals surface area contributed by atoms with Gasteiger partial charge in [-0.2, -0.15) is 16.8 Å². The Morgan fingerprint density at radius 2 is 1.12 bits per heavy atom. The molecule has 0 amide bonds. The van der Waals surface area contributed by atoms with Gasteiger partial charge in [0, 0.05) is 7.05 Å². The maximum atomic E-state index is 14.8. The van der Waals surface area contributed by atoms with E-state index < -0.39 is 25.9 Å². The summed E-state index contributed by atoms with van der Waals surface area (Å²) in [6.45, 7) is 13.9. The van der Waals surface area contributed by atoms with Crippen molar-refractivity contribution in [2.45, 2.75) is 76.5 Å². The van der Waals surface area contributed by atoms with Gasteiger partial charge in [-0.3, -0.25) is 0 Å². The van der Waals surface area contributed by atoms with E-state index >= 15 is 0 Å². The number of sulfonamides is 2. The van der Waals surface area contributed by atoms with E-state index in [4.69, 9.17) is 9.47 Å². The van der Waals surface area contributed by atoms with Crippen LogP contribution in [0, 0.1) is 12.7 Å². The number of aryl methyl sites for hydroxylation is 2. The molecule has 0 spiro atoms. The van der Waals surface area contributed by atoms with Gasteiger partial charge >= 0.3 is 0 Å². The summed E-state index contributed by atoms with van der Waals surface area (Å²) in [5, 5.41) is 4.51. The van der Waals surface area contributed by atoms with Gasteiger partial charge in [-0.05, 0) is 83.0 Å². The summed E-state index contributed by atoms with van der Waals surface area (Å²) in [5.41, 5.74) is 2.81. The molecular weight excluding hydrogens is 702 g/mol. The lowest BCUT2D eigenvalue weighted by Gasteiger charge is -2.26. The van der Waals surface area contributed by atoms with Gasteiger partial charge in [0.05, 0.1) is 15.4 Å². The van der Waals surface area contributed by atoms with Gasteiger partial charge in [0.15, 0.2) is 5.82 Å². The Labute approximate surface area is 308 Å². The molecule has 5 rings (SSSR count). The normalized spacial score (nSPS) is 12.2. The third-order valence-corrected chi connectivity index (χ3v) is 12.5. The monoisotopic (exact) mass is 749 g/mol. The van der Waals surface area contributed by atoms with E-state index in [9.17, 15) is 21.2 Å². The summed E-state index contributed by atoms with van der Waals surface area (Å²) in [5.74, 6) is -0.195. The highest BCUT2D eigenvalue weighted by atomic mass is 32.3. The topological polar surface area (TPSA) is 108 Å². The second-order valence-electron chi connectivity index (χ2n) is 14.4. The molecule has 0 bridgehead atoms. The molecule has 278 valence electrons. The van der Waals surface area contributed by atoms with Crippen molar-refractivity contribution in [2.75, 3.05) is 16.9 Å². The minimum atomic E-state index is -4.80. The average Bonchev–Trinajstić information content (AvgIpc) is 3.38. The smallest absolute Gasteiger partial charge is 0.279 e. The predicted molar refractivity (Wildman–Crippen MR) is 205 cm³/mol. The first-order valence-corrected chi connectivity index (χ1v) is 19.3. The molecule has 0 atom stereocenters. The lowest BCUT2D eigenvalue weighted by atomic mass is 9.87. The lowest BCUT2D eigenvalue weighted by Crippen LogP contribution is -2.38. The molecule has 0 aliphatic heterocycles. The summed E-state index contributed by atoms with van der Waals surface area (Å²) in [6, 6.07) is 25.2. The second kappa shape index (κ2) is 15.1. The molecule has 0 unspecified atom stereocenters. The summed E-state index contributed by atoms with van der Waals surface area (Å²) < 4.78 is 86.0. The van der Waals surface area contributed by atoms with Crippen LogP contribution in [0.2, 0.25) is 0 Å². The molecule has 12 heteroatoms. The summed E-state index contributed by atoms with van der Waals surface area (Å²) >= 11 is 0. The third kappa shape index (κ3) is 8.50. The fraction of sp³-hybridized carbons (Fsp3) is 0.325. The number of aromatic nitrogens is 2. The highest BCUT2D eigenvalue weighted by Gasteiger charge is 2.42. The van der Waals surface area contributed by atoms with E-state index in [0.717, 1.165) is 16.7 Å². The standard InChI is InChI=1S/C39H44FN3O6S2.CH4/c1-27-9-11-28(12-10-27)35-36(49-26-25-48-32-19-17-31(40)18-20-32)41-42(8)37(35)43(50(44,45)33-21-13-29(14-22-33)38(2,3)4)51(46,47)34-23-15-30(16-24-34)39(5,6)7;/h9-24H,25-26H2,1-8H3;1H4. The Balaban J connectivity index is 0.00000605. The maximum Gasteiger partial charge on any atom is 0.279 e. The Kier molecular flexibility index (Phi) is 11.7. The van der Waals surface area contributed by atoms with Crippen LogP contribution in [0.25, 0.3) is 11.1 Å². The van der Waals surface area contributed by atoms with Crippen molar-refractivity contribution < 1.29 is 30.7 Å². The van der Waals surface area contributed by atoms with Gasteiger partial charge in [-0.1, -0.05) is 103 Å². The highest BCUT2D eigenvalue weighted by Crippen LogP contribution is 2.43. The van der Waals surface area contributed by atoms with Gasteiger partial charge in [-0.15, -0.1) is 8.81 Å². The molecule has 0 N–H and O–H groups in total. The van der Waals surface area contributed by atoms with Gasteiger partial charge in [0.1, 0.15) is 24.8 Å². The summed E-state index contributed by atoms with van der Waals surface area (Å²) in [6.07, 6.45) is 0. The van der Waals surface area contributed by atoms with Crippen LogP contribution in [0.15, 0.2) is 107 Å². The van der Waals surface area contributed by atoms with Crippen molar-refractivity contribution in [3.63, 3.8) is 0 Å². The largest absolute Gasteiger partial charge is 0.490 e. The molecule has 9 nitrogen and oxygen atoms in total. The Hall–Kier alpha value is -4.68. The van der Waals surface area contributed by atoms with E-state index in [1.807, 2.05) is 60.6 Å². The number of halogens is 1. The van der Waals surface area contributed by atoms with Crippen LogP contribution in [0.1, 0.15) is 65.7 Å².